The Morgan fingerprint density at radius 1 is 0.882 bits per heavy atom. The van der Waals surface area contributed by atoms with Crippen molar-refractivity contribution in [3.05, 3.63) is 0 Å². The number of rotatable bonds is 9. The molecular formula is C45H76N8O15. The number of hydrogen-bond donors (Lipinski definition) is 9. The second-order valence-corrected chi connectivity index (χ2v) is 20.6. The van der Waals surface area contributed by atoms with Gasteiger partial charge in [0.05, 0.1) is 17.8 Å². The molecule has 0 aromatic rings. The lowest BCUT2D eigenvalue weighted by molar-refractivity contribution is -0.329. The number of hydrazine groups is 2. The summed E-state index contributed by atoms with van der Waals surface area (Å²) in [5.41, 5.74) is 0.710. The van der Waals surface area contributed by atoms with Gasteiger partial charge in [-0.05, 0) is 83.0 Å². The highest BCUT2D eigenvalue weighted by atomic mass is 16.6. The summed E-state index contributed by atoms with van der Waals surface area (Å²) >= 11 is 0. The fourth-order valence-electron chi connectivity index (χ4n) is 10.1. The molecule has 23 nitrogen and oxygen atoms in total. The number of nitrogens with one attached hydrogen (secondary N) is 3. The van der Waals surface area contributed by atoms with E-state index in [2.05, 4.69) is 30.0 Å². The van der Waals surface area contributed by atoms with Crippen molar-refractivity contribution in [2.45, 2.75) is 199 Å². The average molecular weight is 969 g/mol. The van der Waals surface area contributed by atoms with Gasteiger partial charge in [-0.25, -0.2) is 25.8 Å². The summed E-state index contributed by atoms with van der Waals surface area (Å²) in [4.78, 5) is 103. The van der Waals surface area contributed by atoms with E-state index in [0.29, 0.717) is 18.8 Å². The van der Waals surface area contributed by atoms with Gasteiger partial charge in [-0.15, -0.1) is 0 Å². The molecule has 5 heterocycles. The van der Waals surface area contributed by atoms with E-state index in [-0.39, 0.29) is 67.8 Å². The average Bonchev–Trinajstić information content (AvgIpc) is 3.62. The van der Waals surface area contributed by atoms with E-state index in [4.69, 9.17) is 9.47 Å². The van der Waals surface area contributed by atoms with Crippen molar-refractivity contribution in [3.8, 4) is 0 Å². The highest BCUT2D eigenvalue weighted by Gasteiger charge is 2.59. The Hall–Kier alpha value is -4.07. The standard InChI is InChI=1S/C45H76N8O15/c1-11-25(7)20-27-15-16-45(64,68-31(27)12-2)44(10,63)42(61)48-32-34(24(5)6)67-41(60)33(23(3)4)53(66)40(59)35-43(9,62)17-19-49(35)37(56)30-21-28(54)22-47-51(30)36(55)26(8)52(65)38(57)29-14-13-18-46-50(29)39(32)58/h23-35,46-47,54,62-66H,11-22H2,1-10H3,(H,48,61)/t25-,26?,27+,28+,29+,30+,31+,32-,33-,34-,35+,43+,44+,45+/m0/s1. The van der Waals surface area contributed by atoms with E-state index in [1.54, 1.807) is 0 Å². The lowest BCUT2D eigenvalue weighted by Crippen LogP contribution is -2.70. The van der Waals surface area contributed by atoms with Gasteiger partial charge in [0.2, 0.25) is 11.7 Å². The number of esters is 1. The zero-order chi connectivity index (χ0) is 51.0. The number of aliphatic hydroxyl groups is 4. The highest BCUT2D eigenvalue weighted by molar-refractivity contribution is 5.98. The summed E-state index contributed by atoms with van der Waals surface area (Å²) in [6.07, 6.45) is -1.48. The topological polar surface area (TPSA) is 312 Å². The van der Waals surface area contributed by atoms with Crippen molar-refractivity contribution >= 4 is 41.4 Å². The monoisotopic (exact) mass is 969 g/mol. The molecular weight excluding hydrogens is 893 g/mol. The van der Waals surface area contributed by atoms with E-state index in [0.717, 1.165) is 41.6 Å². The third-order valence-corrected chi connectivity index (χ3v) is 14.7. The van der Waals surface area contributed by atoms with Crippen LogP contribution in [0, 0.1) is 23.7 Å². The van der Waals surface area contributed by atoms with E-state index in [1.165, 1.54) is 34.6 Å². The molecule has 23 heteroatoms. The summed E-state index contributed by atoms with van der Waals surface area (Å²) in [6.45, 7) is 15.0. The predicted octanol–water partition coefficient (Wildman–Crippen LogP) is -0.704. The van der Waals surface area contributed by atoms with Crippen LogP contribution < -0.4 is 16.2 Å². The Labute approximate surface area is 397 Å². The maximum Gasteiger partial charge on any atom is 0.332 e. The lowest BCUT2D eigenvalue weighted by Gasteiger charge is -2.48. The Balaban J connectivity index is 1.62. The van der Waals surface area contributed by atoms with Crippen LogP contribution in [-0.2, 0) is 43.0 Å². The maximum absolute atomic E-state index is 15.1. The molecule has 0 spiro atoms. The van der Waals surface area contributed by atoms with Gasteiger partial charge < -0.3 is 40.1 Å². The fourth-order valence-corrected chi connectivity index (χ4v) is 10.1. The van der Waals surface area contributed by atoms with E-state index in [1.807, 2.05) is 6.92 Å². The minimum absolute atomic E-state index is 0.0101. The summed E-state index contributed by atoms with van der Waals surface area (Å²) in [7, 11) is 0. The first-order chi connectivity index (χ1) is 31.6. The number of nitrogens with zero attached hydrogens (tertiary/aromatic N) is 5. The number of amides is 6. The van der Waals surface area contributed by atoms with E-state index < -0.39 is 125 Å². The Morgan fingerprint density at radius 2 is 1.53 bits per heavy atom. The molecule has 1 unspecified atom stereocenters. The number of hydrogen-bond acceptors (Lipinski definition) is 17. The molecule has 5 aliphatic rings. The summed E-state index contributed by atoms with van der Waals surface area (Å²) in [6, 6.07) is -10.6. The number of carbonyl (C=O) groups excluding carboxylic acids is 7. The minimum atomic E-state index is -2.76. The van der Waals surface area contributed by atoms with Crippen LogP contribution in [0.15, 0.2) is 0 Å². The zero-order valence-corrected chi connectivity index (χ0v) is 41.1. The molecule has 5 aliphatic heterocycles. The number of ether oxygens (including phenoxy) is 2. The first kappa shape index (κ1) is 54.9. The second-order valence-electron chi connectivity index (χ2n) is 20.6. The van der Waals surface area contributed by atoms with Crippen LogP contribution in [-0.4, -0.2) is 188 Å². The second kappa shape index (κ2) is 21.5. The van der Waals surface area contributed by atoms with Gasteiger partial charge in [0, 0.05) is 32.5 Å². The van der Waals surface area contributed by atoms with Crippen LogP contribution >= 0.6 is 0 Å². The van der Waals surface area contributed by atoms with Gasteiger partial charge in [0.15, 0.2) is 11.6 Å². The predicted molar refractivity (Wildman–Crippen MR) is 237 cm³/mol. The number of fused-ring (bicyclic) bond motifs is 3. The third kappa shape index (κ3) is 10.8. The smallest absolute Gasteiger partial charge is 0.332 e. The molecule has 6 amide bonds. The molecule has 9 N–H and O–H groups in total. The maximum atomic E-state index is 15.1. The van der Waals surface area contributed by atoms with Gasteiger partial charge in [-0.1, -0.05) is 54.9 Å². The van der Waals surface area contributed by atoms with Gasteiger partial charge in [0.25, 0.3) is 29.5 Å². The molecule has 386 valence electrons. The van der Waals surface area contributed by atoms with Crippen molar-refractivity contribution < 1.29 is 73.9 Å². The zero-order valence-electron chi connectivity index (χ0n) is 41.1. The van der Waals surface area contributed by atoms with Crippen LogP contribution in [0.5, 0.6) is 0 Å². The number of β-amino-alcohol motifs (C(OH)–C–C–N with tert-alkyl or cyclic N) is 1. The normalized spacial score (nSPS) is 36.6. The molecule has 0 aromatic heterocycles. The molecule has 5 saturated heterocycles. The Kier molecular flexibility index (Phi) is 17.4. The van der Waals surface area contributed by atoms with Crippen molar-refractivity contribution in [2.75, 3.05) is 19.6 Å². The third-order valence-electron chi connectivity index (χ3n) is 14.7. The summed E-state index contributed by atoms with van der Waals surface area (Å²) < 4.78 is 12.2. The lowest BCUT2D eigenvalue weighted by atomic mass is 9.78. The van der Waals surface area contributed by atoms with E-state index in [9.17, 15) is 59.6 Å². The summed E-state index contributed by atoms with van der Waals surface area (Å²) in [5, 5.41) is 73.8. The van der Waals surface area contributed by atoms with Gasteiger partial charge >= 0.3 is 5.97 Å². The van der Waals surface area contributed by atoms with Crippen LogP contribution in [0.1, 0.15) is 127 Å². The summed E-state index contributed by atoms with van der Waals surface area (Å²) in [5.74, 6) is -12.1. The molecule has 5 fully saturated rings. The molecule has 0 saturated carbocycles. The number of cyclic esters (lactones) is 1. The number of hydroxylamine groups is 4. The largest absolute Gasteiger partial charge is 0.458 e. The Bertz CT molecular complexity index is 1890. The SMILES string of the molecule is CC[C@H](C)C[C@H]1CC[C@](O)([C@](C)(O)C(=O)N[C@@H]2C(=O)N3NCCC[C@@H]3C(=O)N(O)C(C)C(=O)N3NC[C@H](O)C[C@@H]3C(=O)N3CC[C@@](C)(O)[C@H]3C(=O)N(O)[C@@H](C(C)C)C(=O)O[C@H]2C(C)C)O[C@@H]1CC. The van der Waals surface area contributed by atoms with Gasteiger partial charge in [0.1, 0.15) is 36.3 Å². The first-order valence-electron chi connectivity index (χ1n) is 24.2. The van der Waals surface area contributed by atoms with Crippen molar-refractivity contribution in [3.63, 3.8) is 0 Å². The molecule has 0 aliphatic carbocycles. The molecule has 0 radical (unpaired) electrons. The van der Waals surface area contributed by atoms with Crippen LogP contribution in [0.2, 0.25) is 0 Å². The fraction of sp³-hybridized carbons (Fsp3) is 0.844. The molecule has 14 atom stereocenters. The molecule has 0 aromatic carbocycles. The molecule has 0 bridgehead atoms. The number of carbonyl (C=O) groups is 7. The minimum Gasteiger partial charge on any atom is -0.458 e. The quantitative estimate of drug-likeness (QED) is 0.102. The van der Waals surface area contributed by atoms with Gasteiger partial charge in [-0.3, -0.25) is 49.2 Å². The van der Waals surface area contributed by atoms with Crippen molar-refractivity contribution in [1.82, 2.24) is 41.2 Å². The molecule has 68 heavy (non-hydrogen) atoms. The van der Waals surface area contributed by atoms with E-state index >= 15 is 4.79 Å². The highest BCUT2D eigenvalue weighted by Crippen LogP contribution is 2.42. The Morgan fingerprint density at radius 3 is 2.13 bits per heavy atom. The van der Waals surface area contributed by atoms with Gasteiger partial charge in [-0.2, -0.15) is 0 Å². The van der Waals surface area contributed by atoms with Crippen molar-refractivity contribution in [1.29, 1.82) is 0 Å². The van der Waals surface area contributed by atoms with Crippen LogP contribution in [0.4, 0.5) is 0 Å². The molecule has 5 rings (SSSR count). The van der Waals surface area contributed by atoms with Crippen LogP contribution in [0.25, 0.3) is 0 Å². The van der Waals surface area contributed by atoms with Crippen LogP contribution in [0.3, 0.4) is 0 Å². The first-order valence-corrected chi connectivity index (χ1v) is 24.2. The number of aliphatic hydroxyl groups excluding tert-OH is 1. The van der Waals surface area contributed by atoms with Crippen molar-refractivity contribution in [2.24, 2.45) is 23.7 Å².